The normalized spacial score (nSPS) is 16.7. The Labute approximate surface area is 136 Å². The largest absolute Gasteiger partial charge is 0.382 e. The van der Waals surface area contributed by atoms with Gasteiger partial charge in [0.1, 0.15) is 0 Å². The highest BCUT2D eigenvalue weighted by Gasteiger charge is 2.19. The van der Waals surface area contributed by atoms with Crippen LogP contribution in [0, 0.1) is 0 Å². The number of nitrogens with one attached hydrogen (secondary N) is 1. The second kappa shape index (κ2) is 6.42. The van der Waals surface area contributed by atoms with Gasteiger partial charge in [-0.1, -0.05) is 35.5 Å². The van der Waals surface area contributed by atoms with Crippen LogP contribution in [0.5, 0.6) is 0 Å². The Morgan fingerprint density at radius 3 is 2.74 bits per heavy atom. The van der Waals surface area contributed by atoms with E-state index >= 15 is 0 Å². The maximum absolute atomic E-state index is 5.15. The van der Waals surface area contributed by atoms with E-state index in [-0.39, 0.29) is 0 Å². The Kier molecular flexibility index (Phi) is 3.99. The monoisotopic (exact) mass is 307 g/mol. The molecule has 4 rings (SSSR count). The molecule has 2 heterocycles. The molecule has 3 aromatic rings. The van der Waals surface area contributed by atoms with E-state index in [0.29, 0.717) is 6.04 Å². The van der Waals surface area contributed by atoms with E-state index in [1.54, 1.807) is 6.20 Å². The van der Waals surface area contributed by atoms with Gasteiger partial charge in [0, 0.05) is 36.7 Å². The molecule has 1 aliphatic rings. The minimum Gasteiger partial charge on any atom is -0.382 e. The fraction of sp³-hybridized carbons (Fsp3) is 0.316. The molecule has 4 nitrogen and oxygen atoms in total. The fourth-order valence-electron chi connectivity index (χ4n) is 3.27. The Bertz CT molecular complexity index is 760. The quantitative estimate of drug-likeness (QED) is 0.793. The van der Waals surface area contributed by atoms with Crippen LogP contribution in [0.2, 0.25) is 0 Å². The van der Waals surface area contributed by atoms with Crippen molar-refractivity contribution in [2.24, 2.45) is 0 Å². The van der Waals surface area contributed by atoms with E-state index in [4.69, 9.17) is 4.52 Å². The lowest BCUT2D eigenvalue weighted by molar-refractivity contribution is 0.211. The molecule has 0 atom stereocenters. The van der Waals surface area contributed by atoms with Gasteiger partial charge < -0.3 is 9.84 Å². The molecule has 0 radical (unpaired) electrons. The predicted octanol–water partition coefficient (Wildman–Crippen LogP) is 3.90. The van der Waals surface area contributed by atoms with Gasteiger partial charge in [-0.2, -0.15) is 0 Å². The Hall–Kier alpha value is -2.33. The maximum Gasteiger partial charge on any atom is 0.166 e. The summed E-state index contributed by atoms with van der Waals surface area (Å²) in [4.78, 5) is 2.54. The van der Waals surface area contributed by atoms with E-state index in [1.807, 2.05) is 6.07 Å². The summed E-state index contributed by atoms with van der Waals surface area (Å²) in [5.74, 6) is 0. The summed E-state index contributed by atoms with van der Waals surface area (Å²) in [6, 6.07) is 17.4. The van der Waals surface area contributed by atoms with Gasteiger partial charge in [0.25, 0.3) is 0 Å². The van der Waals surface area contributed by atoms with Crippen LogP contribution in [0.15, 0.2) is 59.3 Å². The van der Waals surface area contributed by atoms with Gasteiger partial charge >= 0.3 is 0 Å². The maximum atomic E-state index is 5.15. The summed E-state index contributed by atoms with van der Waals surface area (Å²) in [5, 5.41) is 8.53. The second-order valence-electron chi connectivity index (χ2n) is 6.26. The molecule has 23 heavy (non-hydrogen) atoms. The van der Waals surface area contributed by atoms with E-state index in [0.717, 1.165) is 36.3 Å². The smallest absolute Gasteiger partial charge is 0.166 e. The third kappa shape index (κ3) is 3.37. The van der Waals surface area contributed by atoms with Gasteiger partial charge in [-0.15, -0.1) is 0 Å². The van der Waals surface area contributed by atoms with Crippen molar-refractivity contribution in [2.45, 2.75) is 25.4 Å². The number of aromatic nitrogens is 1. The molecule has 0 spiro atoms. The molecule has 0 aliphatic carbocycles. The molecule has 0 bridgehead atoms. The number of benzene rings is 2. The van der Waals surface area contributed by atoms with Gasteiger partial charge in [0.05, 0.1) is 6.20 Å². The number of hydrogen-bond donors (Lipinski definition) is 1. The van der Waals surface area contributed by atoms with Crippen LogP contribution in [-0.2, 0) is 6.54 Å². The van der Waals surface area contributed by atoms with Crippen molar-refractivity contribution in [1.82, 2.24) is 10.1 Å². The fourth-order valence-corrected chi connectivity index (χ4v) is 3.27. The number of likely N-dealkylation sites (tertiary alicyclic amines) is 1. The van der Waals surface area contributed by atoms with E-state index in [2.05, 4.69) is 57.8 Å². The summed E-state index contributed by atoms with van der Waals surface area (Å²) in [7, 11) is 0. The summed E-state index contributed by atoms with van der Waals surface area (Å²) in [5.41, 5.74) is 3.40. The van der Waals surface area contributed by atoms with Crippen molar-refractivity contribution >= 4 is 16.7 Å². The molecular formula is C19H21N3O. The van der Waals surface area contributed by atoms with Crippen LogP contribution < -0.4 is 5.32 Å². The third-order valence-corrected chi connectivity index (χ3v) is 4.56. The Morgan fingerprint density at radius 2 is 1.91 bits per heavy atom. The van der Waals surface area contributed by atoms with Crippen LogP contribution in [0.3, 0.4) is 0 Å². The molecule has 1 saturated heterocycles. The number of piperidine rings is 1. The van der Waals surface area contributed by atoms with Gasteiger partial charge in [0.2, 0.25) is 0 Å². The molecule has 4 heteroatoms. The lowest BCUT2D eigenvalue weighted by atomic mass is 10.0. The molecule has 0 saturated carbocycles. The van der Waals surface area contributed by atoms with Crippen LogP contribution in [-0.4, -0.2) is 29.2 Å². The van der Waals surface area contributed by atoms with Crippen molar-refractivity contribution in [3.63, 3.8) is 0 Å². The van der Waals surface area contributed by atoms with Crippen LogP contribution in [0.25, 0.3) is 11.0 Å². The zero-order chi connectivity index (χ0) is 15.5. The first kappa shape index (κ1) is 14.3. The standard InChI is InChI=1S/C19H21N3O/c1-2-4-15(5-3-1)14-22-10-8-17(9-11-22)21-18-6-7-19-16(12-18)13-20-23-19/h1-7,12-13,17,21H,8-11,14H2. The number of anilines is 1. The first-order valence-electron chi connectivity index (χ1n) is 8.24. The highest BCUT2D eigenvalue weighted by molar-refractivity contribution is 5.80. The number of hydrogen-bond acceptors (Lipinski definition) is 4. The van der Waals surface area contributed by atoms with Crippen LogP contribution >= 0.6 is 0 Å². The molecule has 1 N–H and O–H groups in total. The lowest BCUT2D eigenvalue weighted by Gasteiger charge is -2.32. The van der Waals surface area contributed by atoms with Crippen molar-refractivity contribution < 1.29 is 4.52 Å². The zero-order valence-electron chi connectivity index (χ0n) is 13.1. The summed E-state index contributed by atoms with van der Waals surface area (Å²) in [6.45, 7) is 3.34. The second-order valence-corrected chi connectivity index (χ2v) is 6.26. The molecule has 0 amide bonds. The minimum absolute atomic E-state index is 0.541. The SMILES string of the molecule is c1ccc(CN2CCC(Nc3ccc4oncc4c3)CC2)cc1. The molecule has 118 valence electrons. The van der Waals surface area contributed by atoms with Crippen LogP contribution in [0.1, 0.15) is 18.4 Å². The highest BCUT2D eigenvalue weighted by Crippen LogP contribution is 2.22. The van der Waals surface area contributed by atoms with E-state index in [1.165, 1.54) is 18.4 Å². The van der Waals surface area contributed by atoms with Crippen molar-refractivity contribution in [2.75, 3.05) is 18.4 Å². The number of rotatable bonds is 4. The minimum atomic E-state index is 0.541. The van der Waals surface area contributed by atoms with E-state index in [9.17, 15) is 0 Å². The zero-order valence-corrected chi connectivity index (χ0v) is 13.1. The van der Waals surface area contributed by atoms with Gasteiger partial charge in [-0.25, -0.2) is 0 Å². The average molecular weight is 307 g/mol. The summed E-state index contributed by atoms with van der Waals surface area (Å²) in [6.07, 6.45) is 4.12. The molecule has 2 aromatic carbocycles. The van der Waals surface area contributed by atoms with Crippen molar-refractivity contribution in [1.29, 1.82) is 0 Å². The van der Waals surface area contributed by atoms with E-state index < -0.39 is 0 Å². The first-order chi connectivity index (χ1) is 11.4. The molecule has 1 aliphatic heterocycles. The topological polar surface area (TPSA) is 41.3 Å². The lowest BCUT2D eigenvalue weighted by Crippen LogP contribution is -2.38. The predicted molar refractivity (Wildman–Crippen MR) is 92.4 cm³/mol. The van der Waals surface area contributed by atoms with Gasteiger partial charge in [-0.05, 0) is 36.6 Å². The average Bonchev–Trinajstić information content (AvgIpc) is 3.05. The van der Waals surface area contributed by atoms with Crippen molar-refractivity contribution in [3.8, 4) is 0 Å². The molecule has 0 unspecified atom stereocenters. The summed E-state index contributed by atoms with van der Waals surface area (Å²) < 4.78 is 5.15. The number of fused-ring (bicyclic) bond motifs is 1. The summed E-state index contributed by atoms with van der Waals surface area (Å²) >= 11 is 0. The first-order valence-corrected chi connectivity index (χ1v) is 8.24. The van der Waals surface area contributed by atoms with Crippen molar-refractivity contribution in [3.05, 3.63) is 60.3 Å². The molecule has 1 fully saturated rings. The molecular weight excluding hydrogens is 286 g/mol. The Balaban J connectivity index is 1.32. The van der Waals surface area contributed by atoms with Gasteiger partial charge in [0.15, 0.2) is 5.58 Å². The Morgan fingerprint density at radius 1 is 1.09 bits per heavy atom. The number of nitrogens with zero attached hydrogens (tertiary/aromatic N) is 2. The van der Waals surface area contributed by atoms with Crippen LogP contribution in [0.4, 0.5) is 5.69 Å². The third-order valence-electron chi connectivity index (χ3n) is 4.56. The highest BCUT2D eigenvalue weighted by atomic mass is 16.5. The molecule has 1 aromatic heterocycles. The van der Waals surface area contributed by atoms with Gasteiger partial charge in [-0.3, -0.25) is 4.90 Å².